The molecule has 1 aliphatic rings. The highest BCUT2D eigenvalue weighted by Crippen LogP contribution is 2.39. The number of halogens is 1. The molecule has 0 amide bonds. The van der Waals surface area contributed by atoms with Gasteiger partial charge in [0.25, 0.3) is 0 Å². The van der Waals surface area contributed by atoms with Gasteiger partial charge in [0.15, 0.2) is 0 Å². The van der Waals surface area contributed by atoms with Crippen molar-refractivity contribution in [3.8, 4) is 0 Å². The quantitative estimate of drug-likeness (QED) is 0.760. The third-order valence-corrected chi connectivity index (χ3v) is 4.79. The van der Waals surface area contributed by atoms with Crippen LogP contribution in [0.2, 0.25) is 0 Å². The van der Waals surface area contributed by atoms with Crippen LogP contribution in [0.15, 0.2) is 18.2 Å². The van der Waals surface area contributed by atoms with Gasteiger partial charge in [0.05, 0.1) is 5.60 Å². The van der Waals surface area contributed by atoms with E-state index in [0.717, 1.165) is 38.8 Å². The van der Waals surface area contributed by atoms with Crippen molar-refractivity contribution in [2.75, 3.05) is 26.8 Å². The van der Waals surface area contributed by atoms with Gasteiger partial charge in [0.2, 0.25) is 0 Å². The predicted octanol–water partition coefficient (Wildman–Crippen LogP) is 3.14. The summed E-state index contributed by atoms with van der Waals surface area (Å²) < 4.78 is 19.7. The zero-order valence-corrected chi connectivity index (χ0v) is 13.7. The van der Waals surface area contributed by atoms with Crippen molar-refractivity contribution in [1.82, 2.24) is 5.32 Å². The highest BCUT2D eigenvalue weighted by molar-refractivity contribution is 5.30. The first-order chi connectivity index (χ1) is 10.6. The van der Waals surface area contributed by atoms with Crippen LogP contribution >= 0.6 is 0 Å². The molecule has 0 bridgehead atoms. The number of methoxy groups -OCH3 is 1. The molecule has 4 heteroatoms. The van der Waals surface area contributed by atoms with Gasteiger partial charge in [-0.3, -0.25) is 0 Å². The van der Waals surface area contributed by atoms with Crippen LogP contribution in [0.1, 0.15) is 43.2 Å². The maximum Gasteiger partial charge on any atom is 0.132 e. The fraction of sp³-hybridized carbons (Fsp3) is 0.667. The fourth-order valence-electron chi connectivity index (χ4n) is 3.44. The van der Waals surface area contributed by atoms with Gasteiger partial charge in [0, 0.05) is 31.7 Å². The minimum absolute atomic E-state index is 0.0556. The number of rotatable bonds is 7. The molecule has 2 rings (SSSR count). The number of nitrogens with one attached hydrogen (secondary N) is 1. The molecule has 0 radical (unpaired) electrons. The molecule has 1 saturated heterocycles. The lowest BCUT2D eigenvalue weighted by Crippen LogP contribution is -2.45. The van der Waals surface area contributed by atoms with Gasteiger partial charge in [-0.2, -0.15) is 0 Å². The van der Waals surface area contributed by atoms with E-state index in [9.17, 15) is 9.50 Å². The second-order valence-corrected chi connectivity index (χ2v) is 6.35. The first-order valence-corrected chi connectivity index (χ1v) is 8.27. The van der Waals surface area contributed by atoms with E-state index >= 15 is 0 Å². The number of benzene rings is 1. The minimum atomic E-state index is -1.10. The molecule has 124 valence electrons. The normalized spacial score (nSPS) is 21.5. The number of hydrogen-bond donors (Lipinski definition) is 2. The van der Waals surface area contributed by atoms with Crippen LogP contribution in [-0.4, -0.2) is 31.9 Å². The second-order valence-electron chi connectivity index (χ2n) is 6.35. The number of piperidine rings is 1. The van der Waals surface area contributed by atoms with Crippen LogP contribution in [0.3, 0.4) is 0 Å². The van der Waals surface area contributed by atoms with E-state index < -0.39 is 5.60 Å². The SMILES string of the molecule is COCCCC[C@@](O)(c1cccc(C)c1F)C1CCCNC1. The molecule has 1 aliphatic heterocycles. The standard InChI is InChI=1S/C18H28FNO2/c1-14-7-5-9-16(17(14)19)18(21,10-3-4-12-22-2)15-8-6-11-20-13-15/h5,7,9,15,20-21H,3-4,6,8,10-13H2,1-2H3/t15?,18-/m0/s1. The van der Waals surface area contributed by atoms with Crippen LogP contribution < -0.4 is 5.32 Å². The number of ether oxygens (including phenoxy) is 1. The average molecular weight is 309 g/mol. The van der Waals surface area contributed by atoms with Gasteiger partial charge < -0.3 is 15.2 Å². The minimum Gasteiger partial charge on any atom is -0.385 e. The zero-order valence-electron chi connectivity index (χ0n) is 13.7. The first-order valence-electron chi connectivity index (χ1n) is 8.27. The summed E-state index contributed by atoms with van der Waals surface area (Å²) >= 11 is 0. The van der Waals surface area contributed by atoms with Crippen molar-refractivity contribution in [3.63, 3.8) is 0 Å². The smallest absolute Gasteiger partial charge is 0.132 e. The molecular weight excluding hydrogens is 281 g/mol. The van der Waals surface area contributed by atoms with Crippen LogP contribution in [0.25, 0.3) is 0 Å². The van der Waals surface area contributed by atoms with Gasteiger partial charge in [-0.25, -0.2) is 4.39 Å². The number of aliphatic hydroxyl groups is 1. The van der Waals surface area contributed by atoms with Gasteiger partial charge in [-0.05, 0) is 51.1 Å². The maximum absolute atomic E-state index is 14.6. The summed E-state index contributed by atoms with van der Waals surface area (Å²) in [6.45, 7) is 4.15. The van der Waals surface area contributed by atoms with Crippen molar-refractivity contribution in [1.29, 1.82) is 0 Å². The molecule has 3 nitrogen and oxygen atoms in total. The van der Waals surface area contributed by atoms with E-state index in [1.807, 2.05) is 6.07 Å². The zero-order chi connectivity index (χ0) is 16.0. The van der Waals surface area contributed by atoms with Crippen molar-refractivity contribution < 1.29 is 14.2 Å². The van der Waals surface area contributed by atoms with E-state index in [1.54, 1.807) is 26.2 Å². The molecule has 0 spiro atoms. The Morgan fingerprint density at radius 3 is 2.91 bits per heavy atom. The summed E-state index contributed by atoms with van der Waals surface area (Å²) in [4.78, 5) is 0. The Kier molecular flexibility index (Phi) is 6.36. The topological polar surface area (TPSA) is 41.5 Å². The largest absolute Gasteiger partial charge is 0.385 e. The maximum atomic E-state index is 14.6. The Hall–Kier alpha value is -0.970. The first kappa shape index (κ1) is 17.4. The molecule has 0 saturated carbocycles. The Labute approximate surface area is 132 Å². The highest BCUT2D eigenvalue weighted by Gasteiger charge is 2.40. The van der Waals surface area contributed by atoms with E-state index in [4.69, 9.17) is 4.74 Å². The molecule has 2 N–H and O–H groups in total. The van der Waals surface area contributed by atoms with Crippen molar-refractivity contribution in [2.45, 2.75) is 44.6 Å². The molecule has 1 fully saturated rings. The third kappa shape index (κ3) is 3.86. The second kappa shape index (κ2) is 8.04. The third-order valence-electron chi connectivity index (χ3n) is 4.79. The Bertz CT molecular complexity index is 474. The molecule has 1 aromatic rings. The lowest BCUT2D eigenvalue weighted by molar-refractivity contribution is -0.0461. The summed E-state index contributed by atoms with van der Waals surface area (Å²) in [6, 6.07) is 5.33. The molecular formula is C18H28FNO2. The van der Waals surface area contributed by atoms with E-state index in [0.29, 0.717) is 24.2 Å². The Morgan fingerprint density at radius 1 is 1.41 bits per heavy atom. The van der Waals surface area contributed by atoms with Crippen LogP contribution in [0.4, 0.5) is 4.39 Å². The predicted molar refractivity (Wildman–Crippen MR) is 86.4 cm³/mol. The summed E-state index contributed by atoms with van der Waals surface area (Å²) in [5.74, 6) is -0.206. The lowest BCUT2D eigenvalue weighted by atomic mass is 9.74. The van der Waals surface area contributed by atoms with Crippen LogP contribution in [0, 0.1) is 18.7 Å². The summed E-state index contributed by atoms with van der Waals surface area (Å²) in [6.07, 6.45) is 4.24. The van der Waals surface area contributed by atoms with Crippen molar-refractivity contribution in [2.24, 2.45) is 5.92 Å². The number of unbranched alkanes of at least 4 members (excludes halogenated alkanes) is 1. The molecule has 1 heterocycles. The molecule has 1 unspecified atom stereocenters. The summed E-state index contributed by atoms with van der Waals surface area (Å²) in [5.41, 5.74) is -0.0488. The van der Waals surface area contributed by atoms with E-state index in [2.05, 4.69) is 5.32 Å². The Morgan fingerprint density at radius 2 is 2.23 bits per heavy atom. The fourth-order valence-corrected chi connectivity index (χ4v) is 3.44. The van der Waals surface area contributed by atoms with Crippen molar-refractivity contribution in [3.05, 3.63) is 35.1 Å². The highest BCUT2D eigenvalue weighted by atomic mass is 19.1. The van der Waals surface area contributed by atoms with Gasteiger partial charge in [0.1, 0.15) is 5.82 Å². The molecule has 0 aromatic heterocycles. The molecule has 1 aromatic carbocycles. The summed E-state index contributed by atoms with van der Waals surface area (Å²) in [5, 5.41) is 14.7. The number of hydrogen-bond acceptors (Lipinski definition) is 3. The number of aryl methyl sites for hydroxylation is 1. The molecule has 22 heavy (non-hydrogen) atoms. The van der Waals surface area contributed by atoms with Gasteiger partial charge in [-0.15, -0.1) is 0 Å². The average Bonchev–Trinajstić information content (AvgIpc) is 2.55. The Balaban J connectivity index is 2.25. The monoisotopic (exact) mass is 309 g/mol. The van der Waals surface area contributed by atoms with Gasteiger partial charge in [-0.1, -0.05) is 18.2 Å². The lowest BCUT2D eigenvalue weighted by Gasteiger charge is -2.39. The van der Waals surface area contributed by atoms with E-state index in [-0.39, 0.29) is 11.7 Å². The van der Waals surface area contributed by atoms with Crippen LogP contribution in [-0.2, 0) is 10.3 Å². The molecule has 0 aliphatic carbocycles. The van der Waals surface area contributed by atoms with Crippen molar-refractivity contribution >= 4 is 0 Å². The van der Waals surface area contributed by atoms with Crippen LogP contribution in [0.5, 0.6) is 0 Å². The van der Waals surface area contributed by atoms with Gasteiger partial charge >= 0.3 is 0 Å². The van der Waals surface area contributed by atoms with E-state index in [1.165, 1.54) is 0 Å². The molecule has 2 atom stereocenters. The summed E-state index contributed by atoms with van der Waals surface area (Å²) in [7, 11) is 1.68.